The lowest BCUT2D eigenvalue weighted by molar-refractivity contribution is -0.121. The predicted octanol–water partition coefficient (Wildman–Crippen LogP) is 2.23. The summed E-state index contributed by atoms with van der Waals surface area (Å²) in [4.78, 5) is 11.5. The second-order valence-corrected chi connectivity index (χ2v) is 4.83. The smallest absolute Gasteiger partial charge is 0.220 e. The van der Waals surface area contributed by atoms with Gasteiger partial charge in [-0.15, -0.1) is 12.4 Å². The number of hydrogen-bond donors (Lipinski definition) is 2. The van der Waals surface area contributed by atoms with Crippen molar-refractivity contribution in [3.05, 3.63) is 0 Å². The van der Waals surface area contributed by atoms with Crippen LogP contribution in [-0.4, -0.2) is 18.0 Å². The van der Waals surface area contributed by atoms with E-state index >= 15 is 0 Å². The third-order valence-corrected chi connectivity index (χ3v) is 3.52. The fourth-order valence-electron chi connectivity index (χ4n) is 1.60. The molecule has 3 N–H and O–H groups in total. The summed E-state index contributed by atoms with van der Waals surface area (Å²) < 4.78 is 0. The first-order valence-electron chi connectivity index (χ1n) is 6.15. The van der Waals surface area contributed by atoms with Gasteiger partial charge in [0.2, 0.25) is 5.91 Å². The summed E-state index contributed by atoms with van der Waals surface area (Å²) in [6.45, 7) is 4.75. The van der Waals surface area contributed by atoms with E-state index in [2.05, 4.69) is 19.2 Å². The Hall–Kier alpha value is -0.280. The van der Waals surface area contributed by atoms with Crippen molar-refractivity contribution in [2.24, 2.45) is 11.7 Å². The number of nitrogens with one attached hydrogen (secondary N) is 1. The van der Waals surface area contributed by atoms with E-state index in [0.29, 0.717) is 13.0 Å². The van der Waals surface area contributed by atoms with Gasteiger partial charge in [0, 0.05) is 18.5 Å². The zero-order valence-electron chi connectivity index (χ0n) is 10.4. The molecule has 1 aliphatic rings. The van der Waals surface area contributed by atoms with E-state index in [-0.39, 0.29) is 23.9 Å². The van der Waals surface area contributed by atoms with Crippen LogP contribution in [0.3, 0.4) is 0 Å². The van der Waals surface area contributed by atoms with Crippen LogP contribution in [0, 0.1) is 5.92 Å². The molecular weight excluding hydrogens is 224 g/mol. The van der Waals surface area contributed by atoms with Gasteiger partial charge in [-0.05, 0) is 25.2 Å². The maximum Gasteiger partial charge on any atom is 0.220 e. The first kappa shape index (κ1) is 15.7. The zero-order valence-corrected chi connectivity index (χ0v) is 11.2. The van der Waals surface area contributed by atoms with Crippen LogP contribution in [0.1, 0.15) is 52.4 Å². The first-order valence-corrected chi connectivity index (χ1v) is 6.15. The van der Waals surface area contributed by atoms with Crippen LogP contribution < -0.4 is 11.1 Å². The van der Waals surface area contributed by atoms with Gasteiger partial charge in [-0.3, -0.25) is 4.79 Å². The lowest BCUT2D eigenvalue weighted by Gasteiger charge is -2.26. The second kappa shape index (κ2) is 7.13. The largest absolute Gasteiger partial charge is 0.354 e. The Morgan fingerprint density at radius 3 is 2.38 bits per heavy atom. The van der Waals surface area contributed by atoms with Crippen LogP contribution in [0.15, 0.2) is 0 Å². The number of halogens is 1. The van der Waals surface area contributed by atoms with E-state index in [4.69, 9.17) is 5.73 Å². The number of hydrogen-bond acceptors (Lipinski definition) is 2. The predicted molar refractivity (Wildman–Crippen MR) is 69.7 cm³/mol. The van der Waals surface area contributed by atoms with E-state index in [0.717, 1.165) is 25.2 Å². The molecule has 1 rings (SSSR count). The van der Waals surface area contributed by atoms with Gasteiger partial charge in [0.15, 0.2) is 0 Å². The fourth-order valence-corrected chi connectivity index (χ4v) is 1.60. The Kier molecular flexibility index (Phi) is 7.00. The summed E-state index contributed by atoms with van der Waals surface area (Å²) in [6.07, 6.45) is 6.19. The van der Waals surface area contributed by atoms with E-state index in [1.165, 1.54) is 12.8 Å². The summed E-state index contributed by atoms with van der Waals surface area (Å²) in [5, 5.41) is 2.94. The second-order valence-electron chi connectivity index (χ2n) is 4.83. The molecule has 0 bridgehead atoms. The Labute approximate surface area is 105 Å². The fraction of sp³-hybridized carbons (Fsp3) is 0.917. The number of nitrogens with two attached hydrogens (primary N) is 1. The van der Waals surface area contributed by atoms with E-state index in [9.17, 15) is 4.79 Å². The molecule has 1 fully saturated rings. The quantitative estimate of drug-likeness (QED) is 0.726. The topological polar surface area (TPSA) is 55.1 Å². The minimum Gasteiger partial charge on any atom is -0.354 e. The average molecular weight is 249 g/mol. The first-order chi connectivity index (χ1) is 7.09. The molecule has 1 aliphatic carbocycles. The van der Waals surface area contributed by atoms with Crippen molar-refractivity contribution in [2.45, 2.75) is 57.9 Å². The molecule has 0 spiro atoms. The van der Waals surface area contributed by atoms with Gasteiger partial charge >= 0.3 is 0 Å². The van der Waals surface area contributed by atoms with Crippen molar-refractivity contribution in [1.82, 2.24) is 5.32 Å². The molecule has 0 saturated heterocycles. The van der Waals surface area contributed by atoms with Crippen LogP contribution in [-0.2, 0) is 4.79 Å². The van der Waals surface area contributed by atoms with Crippen LogP contribution in [0.4, 0.5) is 0 Å². The molecule has 0 radical (unpaired) electrons. The molecule has 3 nitrogen and oxygen atoms in total. The van der Waals surface area contributed by atoms with Gasteiger partial charge < -0.3 is 11.1 Å². The van der Waals surface area contributed by atoms with Crippen molar-refractivity contribution in [3.63, 3.8) is 0 Å². The van der Waals surface area contributed by atoms with Gasteiger partial charge in [-0.25, -0.2) is 0 Å². The molecule has 0 atom stereocenters. The Morgan fingerprint density at radius 1 is 1.38 bits per heavy atom. The number of carbonyl (C=O) groups excluding carboxylic acids is 1. The summed E-state index contributed by atoms with van der Waals surface area (Å²) >= 11 is 0. The van der Waals surface area contributed by atoms with Gasteiger partial charge in [-0.1, -0.05) is 26.7 Å². The summed E-state index contributed by atoms with van der Waals surface area (Å²) in [5.74, 6) is 0.995. The minimum absolute atomic E-state index is 0. The Morgan fingerprint density at radius 2 is 1.94 bits per heavy atom. The maximum absolute atomic E-state index is 11.5. The third kappa shape index (κ3) is 5.71. The molecule has 0 aromatic carbocycles. The highest BCUT2D eigenvalue weighted by Gasteiger charge is 2.23. The lowest BCUT2D eigenvalue weighted by Crippen LogP contribution is -2.49. The Bertz CT molecular complexity index is 213. The van der Waals surface area contributed by atoms with Crippen LogP contribution in [0.5, 0.6) is 0 Å². The highest BCUT2D eigenvalue weighted by atomic mass is 35.5. The monoisotopic (exact) mass is 248 g/mol. The molecule has 96 valence electrons. The number of rotatable bonds is 7. The molecule has 16 heavy (non-hydrogen) atoms. The molecule has 0 heterocycles. The lowest BCUT2D eigenvalue weighted by atomic mass is 9.94. The highest BCUT2D eigenvalue weighted by Crippen LogP contribution is 2.33. The van der Waals surface area contributed by atoms with Crippen molar-refractivity contribution in [1.29, 1.82) is 0 Å². The highest BCUT2D eigenvalue weighted by molar-refractivity contribution is 5.85. The van der Waals surface area contributed by atoms with Gasteiger partial charge in [0.1, 0.15) is 0 Å². The maximum atomic E-state index is 11.5. The van der Waals surface area contributed by atoms with Crippen molar-refractivity contribution in [2.75, 3.05) is 6.54 Å². The van der Waals surface area contributed by atoms with Crippen LogP contribution in [0.2, 0.25) is 0 Å². The molecule has 1 saturated carbocycles. The molecule has 1 amide bonds. The number of amides is 1. The van der Waals surface area contributed by atoms with Crippen LogP contribution in [0.25, 0.3) is 0 Å². The number of carbonyl (C=O) groups is 1. The SMILES string of the molecule is CCC(N)(CC)CNC(=O)CCC1CC1.Cl. The third-order valence-electron chi connectivity index (χ3n) is 3.52. The molecule has 0 aromatic rings. The van der Waals surface area contributed by atoms with E-state index in [1.807, 2.05) is 0 Å². The van der Waals surface area contributed by atoms with Gasteiger partial charge in [0.25, 0.3) is 0 Å². The molecule has 0 aromatic heterocycles. The molecule has 0 unspecified atom stereocenters. The molecule has 0 aliphatic heterocycles. The van der Waals surface area contributed by atoms with E-state index in [1.54, 1.807) is 0 Å². The Balaban J connectivity index is 0.00000225. The van der Waals surface area contributed by atoms with Crippen molar-refractivity contribution >= 4 is 18.3 Å². The molecular formula is C12H25ClN2O. The van der Waals surface area contributed by atoms with Crippen molar-refractivity contribution in [3.8, 4) is 0 Å². The summed E-state index contributed by atoms with van der Waals surface area (Å²) in [6, 6.07) is 0. The van der Waals surface area contributed by atoms with Crippen molar-refractivity contribution < 1.29 is 4.79 Å². The summed E-state index contributed by atoms with van der Waals surface area (Å²) in [7, 11) is 0. The normalized spacial score (nSPS) is 15.4. The average Bonchev–Trinajstić information content (AvgIpc) is 3.07. The zero-order chi connectivity index (χ0) is 11.3. The van der Waals surface area contributed by atoms with Crippen LogP contribution >= 0.6 is 12.4 Å². The standard InChI is InChI=1S/C12H24N2O.ClH/c1-3-12(13,4-2)9-14-11(15)8-7-10-5-6-10;/h10H,3-9,13H2,1-2H3,(H,14,15);1H. The summed E-state index contributed by atoms with van der Waals surface area (Å²) in [5.41, 5.74) is 5.89. The van der Waals surface area contributed by atoms with E-state index < -0.39 is 0 Å². The minimum atomic E-state index is -0.213. The molecule has 4 heteroatoms. The van der Waals surface area contributed by atoms with Gasteiger partial charge in [-0.2, -0.15) is 0 Å². The van der Waals surface area contributed by atoms with Gasteiger partial charge in [0.05, 0.1) is 0 Å².